The van der Waals surface area contributed by atoms with Crippen LogP contribution in [-0.4, -0.2) is 45.4 Å². The number of benzene rings is 2. The second kappa shape index (κ2) is 10.4. The molecule has 0 spiro atoms. The average Bonchev–Trinajstić information content (AvgIpc) is 2.72. The van der Waals surface area contributed by atoms with Gasteiger partial charge in [0.05, 0.1) is 17.0 Å². The minimum atomic E-state index is -3.66. The Morgan fingerprint density at radius 2 is 1.76 bits per heavy atom. The molecule has 0 aliphatic heterocycles. The predicted octanol–water partition coefficient (Wildman–Crippen LogP) is 2.84. The lowest BCUT2D eigenvalue weighted by atomic mass is 10.1. The van der Waals surface area contributed by atoms with Crippen molar-refractivity contribution in [3.8, 4) is 5.75 Å². The van der Waals surface area contributed by atoms with Crippen molar-refractivity contribution >= 4 is 32.8 Å². The molecule has 9 heteroatoms. The molecule has 0 aromatic heterocycles. The van der Waals surface area contributed by atoms with Crippen molar-refractivity contribution in [1.82, 2.24) is 4.72 Å². The maximum atomic E-state index is 12.6. The van der Waals surface area contributed by atoms with E-state index in [0.29, 0.717) is 22.8 Å². The summed E-state index contributed by atoms with van der Waals surface area (Å²) in [5.74, 6) is 0.0683. The third-order valence-electron chi connectivity index (χ3n) is 4.04. The zero-order chi connectivity index (χ0) is 21.4. The highest BCUT2D eigenvalue weighted by atomic mass is 32.2. The number of methoxy groups -OCH3 is 1. The van der Waals surface area contributed by atoms with Crippen molar-refractivity contribution in [3.05, 3.63) is 59.7 Å². The number of esters is 1. The maximum Gasteiger partial charge on any atom is 0.343 e. The zero-order valence-electron chi connectivity index (χ0n) is 16.5. The molecule has 2 aromatic carbocycles. The molecule has 7 nitrogen and oxygen atoms in total. The molecule has 0 saturated carbocycles. The predicted molar refractivity (Wildman–Crippen MR) is 114 cm³/mol. The van der Waals surface area contributed by atoms with Gasteiger partial charge in [-0.15, -0.1) is 11.8 Å². The molecule has 0 aliphatic carbocycles. The minimum absolute atomic E-state index is 0.161. The fraction of sp³-hybridized carbons (Fsp3) is 0.300. The lowest BCUT2D eigenvalue weighted by molar-refractivity contribution is -0.142. The van der Waals surface area contributed by atoms with Gasteiger partial charge in [-0.1, -0.05) is 24.3 Å². The Morgan fingerprint density at radius 3 is 2.31 bits per heavy atom. The Bertz CT molecular complexity index is 942. The molecule has 0 radical (unpaired) electrons. The lowest BCUT2D eigenvalue weighted by Crippen LogP contribution is -2.34. The Balaban J connectivity index is 1.96. The topological polar surface area (TPSA) is 106 Å². The molecule has 0 heterocycles. The van der Waals surface area contributed by atoms with Crippen LogP contribution >= 0.6 is 11.8 Å². The van der Waals surface area contributed by atoms with Gasteiger partial charge in [-0.25, -0.2) is 17.9 Å². The number of carbonyl (C=O) groups is 1. The molecule has 2 rings (SSSR count). The number of nitrogens with one attached hydrogen (secondary N) is 2. The van der Waals surface area contributed by atoms with Gasteiger partial charge in [0, 0.05) is 11.6 Å². The van der Waals surface area contributed by atoms with Gasteiger partial charge < -0.3 is 9.47 Å². The maximum absolute atomic E-state index is 12.6. The zero-order valence-corrected chi connectivity index (χ0v) is 18.1. The fourth-order valence-corrected chi connectivity index (χ4v) is 4.17. The molecule has 0 aliphatic rings. The second-order valence-electron chi connectivity index (χ2n) is 6.29. The Morgan fingerprint density at radius 1 is 1.14 bits per heavy atom. The molecule has 2 aromatic rings. The molecule has 0 amide bonds. The number of rotatable bonds is 9. The summed E-state index contributed by atoms with van der Waals surface area (Å²) in [5, 5.41) is 8.16. The average molecular weight is 437 g/mol. The fourth-order valence-electron chi connectivity index (χ4n) is 2.55. The van der Waals surface area contributed by atoms with Gasteiger partial charge in [-0.2, -0.15) is 0 Å². The molecule has 0 unspecified atom stereocenters. The molecule has 0 saturated heterocycles. The smallest absolute Gasteiger partial charge is 0.343 e. The van der Waals surface area contributed by atoms with Crippen LogP contribution in [0.5, 0.6) is 5.75 Å². The van der Waals surface area contributed by atoms with Crippen LogP contribution in [0.1, 0.15) is 18.1 Å². The second-order valence-corrected chi connectivity index (χ2v) is 8.82. The van der Waals surface area contributed by atoms with E-state index in [1.807, 2.05) is 12.1 Å². The first kappa shape index (κ1) is 22.9. The van der Waals surface area contributed by atoms with Crippen LogP contribution in [0.15, 0.2) is 53.4 Å². The van der Waals surface area contributed by atoms with Gasteiger partial charge in [0.2, 0.25) is 10.0 Å². The Labute approximate surface area is 175 Å². The van der Waals surface area contributed by atoms with Crippen molar-refractivity contribution < 1.29 is 22.7 Å². The van der Waals surface area contributed by atoms with Crippen LogP contribution in [0.3, 0.4) is 0 Å². The first-order valence-corrected chi connectivity index (χ1v) is 11.5. The molecule has 0 fully saturated rings. The molecule has 0 bridgehead atoms. The van der Waals surface area contributed by atoms with E-state index in [4.69, 9.17) is 10.1 Å². The summed E-state index contributed by atoms with van der Waals surface area (Å²) < 4.78 is 37.6. The standard InChI is InChI=1S/C20H24N2O5S2/c1-14(12-15-4-8-17(9-5-15)27-13-19(23)26-2)22-29(24,25)18-10-6-16(7-11-18)20(21)28-3/h4-11,14,21-22H,12-13H2,1-3H3/t14-/m0/s1. The number of hydrogen-bond acceptors (Lipinski definition) is 7. The summed E-state index contributed by atoms with van der Waals surface area (Å²) in [6.07, 6.45) is 2.29. The van der Waals surface area contributed by atoms with E-state index in [1.165, 1.54) is 31.0 Å². The first-order chi connectivity index (χ1) is 13.7. The molecule has 156 valence electrons. The minimum Gasteiger partial charge on any atom is -0.482 e. The van der Waals surface area contributed by atoms with Gasteiger partial charge in [-0.05, 0) is 49.4 Å². The van der Waals surface area contributed by atoms with Crippen molar-refractivity contribution in [2.45, 2.75) is 24.3 Å². The van der Waals surface area contributed by atoms with E-state index in [-0.39, 0.29) is 17.5 Å². The first-order valence-electron chi connectivity index (χ1n) is 8.79. The van der Waals surface area contributed by atoms with E-state index < -0.39 is 16.0 Å². The third kappa shape index (κ3) is 6.88. The lowest BCUT2D eigenvalue weighted by Gasteiger charge is -2.15. The van der Waals surface area contributed by atoms with E-state index in [1.54, 1.807) is 37.4 Å². The highest BCUT2D eigenvalue weighted by Gasteiger charge is 2.18. The van der Waals surface area contributed by atoms with E-state index in [9.17, 15) is 13.2 Å². The van der Waals surface area contributed by atoms with Gasteiger partial charge in [0.1, 0.15) is 5.75 Å². The molecular formula is C20H24N2O5S2. The van der Waals surface area contributed by atoms with Crippen LogP contribution in [0, 0.1) is 5.41 Å². The number of thioether (sulfide) groups is 1. The summed E-state index contributed by atoms with van der Waals surface area (Å²) in [5.41, 5.74) is 1.60. The SMILES string of the molecule is COC(=O)COc1ccc(C[C@H](C)NS(=O)(=O)c2ccc(C(=N)SC)cc2)cc1. The molecule has 29 heavy (non-hydrogen) atoms. The van der Waals surface area contributed by atoms with Gasteiger partial charge in [0.25, 0.3) is 0 Å². The van der Waals surface area contributed by atoms with Crippen LogP contribution in [0.2, 0.25) is 0 Å². The monoisotopic (exact) mass is 436 g/mol. The molecule has 2 N–H and O–H groups in total. The van der Waals surface area contributed by atoms with Crippen molar-refractivity contribution in [3.63, 3.8) is 0 Å². The largest absolute Gasteiger partial charge is 0.482 e. The van der Waals surface area contributed by atoms with E-state index in [0.717, 1.165) is 5.56 Å². The number of ether oxygens (including phenoxy) is 2. The number of carbonyl (C=O) groups excluding carboxylic acids is 1. The van der Waals surface area contributed by atoms with Gasteiger partial charge in [0.15, 0.2) is 6.61 Å². The van der Waals surface area contributed by atoms with Crippen molar-refractivity contribution in [1.29, 1.82) is 5.41 Å². The quantitative estimate of drug-likeness (QED) is 0.356. The Hall–Kier alpha value is -2.36. The van der Waals surface area contributed by atoms with Crippen molar-refractivity contribution in [2.24, 2.45) is 0 Å². The molecule has 1 atom stereocenters. The van der Waals surface area contributed by atoms with Crippen LogP contribution < -0.4 is 9.46 Å². The van der Waals surface area contributed by atoms with Crippen LogP contribution in [0.25, 0.3) is 0 Å². The van der Waals surface area contributed by atoms with Gasteiger partial charge in [-0.3, -0.25) is 5.41 Å². The summed E-state index contributed by atoms with van der Waals surface area (Å²) >= 11 is 1.30. The Kier molecular flexibility index (Phi) is 8.24. The van der Waals surface area contributed by atoms with Crippen LogP contribution in [-0.2, 0) is 26.0 Å². The summed E-state index contributed by atoms with van der Waals surface area (Å²) in [4.78, 5) is 11.3. The summed E-state index contributed by atoms with van der Waals surface area (Å²) in [6.45, 7) is 1.62. The van der Waals surface area contributed by atoms with E-state index in [2.05, 4.69) is 9.46 Å². The number of hydrogen-bond donors (Lipinski definition) is 2. The van der Waals surface area contributed by atoms with E-state index >= 15 is 0 Å². The number of sulfonamides is 1. The third-order valence-corrected chi connectivity index (χ3v) is 6.29. The normalized spacial score (nSPS) is 12.2. The molecular weight excluding hydrogens is 412 g/mol. The highest BCUT2D eigenvalue weighted by Crippen LogP contribution is 2.17. The van der Waals surface area contributed by atoms with Crippen molar-refractivity contribution in [2.75, 3.05) is 20.0 Å². The highest BCUT2D eigenvalue weighted by molar-refractivity contribution is 8.13. The van der Waals surface area contributed by atoms with Crippen LogP contribution in [0.4, 0.5) is 0 Å². The summed E-state index contributed by atoms with van der Waals surface area (Å²) in [6, 6.07) is 13.0. The summed E-state index contributed by atoms with van der Waals surface area (Å²) in [7, 11) is -2.37. The van der Waals surface area contributed by atoms with Gasteiger partial charge >= 0.3 is 5.97 Å².